The van der Waals surface area contributed by atoms with Crippen LogP contribution in [0.4, 0.5) is 0 Å². The van der Waals surface area contributed by atoms with E-state index in [1.54, 1.807) is 0 Å². The molecule has 162 valence electrons. The molecule has 2 atom stereocenters. The summed E-state index contributed by atoms with van der Waals surface area (Å²) in [6.45, 7) is 4.35. The van der Waals surface area contributed by atoms with Crippen LogP contribution in [0.25, 0.3) is 0 Å². The molecule has 0 rings (SSSR count). The van der Waals surface area contributed by atoms with Crippen molar-refractivity contribution in [1.82, 2.24) is 0 Å². The van der Waals surface area contributed by atoms with Gasteiger partial charge < -0.3 is 0 Å². The van der Waals surface area contributed by atoms with Crippen LogP contribution in [0.15, 0.2) is 0 Å². The van der Waals surface area contributed by atoms with Gasteiger partial charge in [-0.15, -0.1) is 0 Å². The topological polar surface area (TPSA) is 0 Å². The normalized spacial score (nSPS) is 16.5. The van der Waals surface area contributed by atoms with E-state index in [4.69, 9.17) is 64.1 Å². The summed E-state index contributed by atoms with van der Waals surface area (Å²) in [5.74, 6) is 4.82. The fourth-order valence-corrected chi connectivity index (χ4v) is 13.6. The van der Waals surface area contributed by atoms with Gasteiger partial charge in [0, 0.05) is 23.0 Å². The Morgan fingerprint density at radius 1 is 0.654 bits per heavy atom. The van der Waals surface area contributed by atoms with Crippen molar-refractivity contribution in [3.05, 3.63) is 0 Å². The summed E-state index contributed by atoms with van der Waals surface area (Å²) in [6, 6.07) is 0. The molecule has 2 unspecified atom stereocenters. The van der Waals surface area contributed by atoms with Crippen molar-refractivity contribution in [1.29, 1.82) is 0 Å². The van der Waals surface area contributed by atoms with Gasteiger partial charge in [-0.3, -0.25) is 0 Å². The zero-order valence-corrected chi connectivity index (χ0v) is 24.4. The second-order valence-electron chi connectivity index (χ2n) is 5.95. The third-order valence-corrected chi connectivity index (χ3v) is 14.4. The lowest BCUT2D eigenvalue weighted by molar-refractivity contribution is 0.520. The fourth-order valence-electron chi connectivity index (χ4n) is 2.31. The maximum absolute atomic E-state index is 5.97. The van der Waals surface area contributed by atoms with E-state index >= 15 is 0 Å². The van der Waals surface area contributed by atoms with Gasteiger partial charge in [0.1, 0.15) is 0 Å². The van der Waals surface area contributed by atoms with Crippen LogP contribution >= 0.6 is 121 Å². The van der Waals surface area contributed by atoms with E-state index in [-0.39, 0.29) is 0 Å². The molecule has 0 aliphatic rings. The van der Waals surface area contributed by atoms with E-state index in [0.717, 1.165) is 48.7 Å². The minimum atomic E-state index is -1.94. The molecule has 0 amide bonds. The first kappa shape index (κ1) is 29.8. The summed E-state index contributed by atoms with van der Waals surface area (Å²) in [4.78, 5) is 0. The highest BCUT2D eigenvalue weighted by molar-refractivity contribution is 9.26. The molecule has 0 saturated carbocycles. The van der Waals surface area contributed by atoms with Gasteiger partial charge in [-0.2, -0.15) is 0 Å². The molecule has 0 saturated heterocycles. The number of rotatable bonds is 17. The maximum atomic E-state index is 5.97. The molecule has 0 bridgehead atoms. The second kappa shape index (κ2) is 17.4. The van der Waals surface area contributed by atoms with Crippen LogP contribution in [-0.4, -0.2) is 23.0 Å². The summed E-state index contributed by atoms with van der Waals surface area (Å²) in [6.07, 6.45) is 6.82. The quantitative estimate of drug-likeness (QED) is 0.120. The minimum Gasteiger partial charge on any atom is -0.0817 e. The monoisotopic (exact) mass is 598 g/mol. The lowest BCUT2D eigenvalue weighted by Gasteiger charge is -2.22. The molecular formula is C14H28Cl6S6. The van der Waals surface area contributed by atoms with Gasteiger partial charge in [0.25, 0.3) is 0 Å². The largest absolute Gasteiger partial charge is 0.0817 e. The average molecular weight is 601 g/mol. The number of hydrogen-bond acceptors (Lipinski definition) is 4. The summed E-state index contributed by atoms with van der Waals surface area (Å²) < 4.78 is 0. The highest BCUT2D eigenvalue weighted by Gasteiger charge is 2.20. The lowest BCUT2D eigenvalue weighted by atomic mass is 10.0. The van der Waals surface area contributed by atoms with Gasteiger partial charge in [-0.05, 0) is 137 Å². The van der Waals surface area contributed by atoms with Crippen LogP contribution in [-0.2, 0) is 0 Å². The lowest BCUT2D eigenvalue weighted by Crippen LogP contribution is -2.05. The summed E-state index contributed by atoms with van der Waals surface area (Å²) in [5.41, 5.74) is 0. The molecule has 12 heteroatoms. The van der Waals surface area contributed by atoms with E-state index < -0.39 is 15.3 Å². The molecule has 0 heterocycles. The van der Waals surface area contributed by atoms with Gasteiger partial charge in [-0.1, -0.05) is 48.3 Å². The van der Waals surface area contributed by atoms with Crippen molar-refractivity contribution in [3.8, 4) is 0 Å². The first-order chi connectivity index (χ1) is 12.1. The average Bonchev–Trinajstić information content (AvgIpc) is 2.51. The Hall–Kier alpha value is 3.84. The van der Waals surface area contributed by atoms with Crippen LogP contribution < -0.4 is 0 Å². The van der Waals surface area contributed by atoms with Crippen LogP contribution in [0.5, 0.6) is 0 Å². The third-order valence-electron chi connectivity index (χ3n) is 3.81. The molecule has 0 aromatic rings. The summed E-state index contributed by atoms with van der Waals surface area (Å²) in [7, 11) is 39.5. The minimum absolute atomic E-state index is 0.533. The van der Waals surface area contributed by atoms with Gasteiger partial charge in [0.15, 0.2) is 0 Å². The van der Waals surface area contributed by atoms with Crippen LogP contribution in [0.1, 0.15) is 52.4 Å². The van der Waals surface area contributed by atoms with Crippen molar-refractivity contribution in [2.24, 2.45) is 11.8 Å². The predicted molar refractivity (Wildman–Crippen MR) is 146 cm³/mol. The van der Waals surface area contributed by atoms with Crippen LogP contribution in [0.3, 0.4) is 0 Å². The Balaban J connectivity index is 3.53. The van der Waals surface area contributed by atoms with Gasteiger partial charge in [0.05, 0.1) is 0 Å². The standard InChI is InChI=1S/C14H28Cl6S6/c1-3-13(11-25(15,16)17)7-5-9-21-23-24-22-10-6-8-14(4-2)12-26(18,19)20/h13-14H,3-12H2,1-2H3. The summed E-state index contributed by atoms with van der Waals surface area (Å²) >= 11 is 0. The highest BCUT2D eigenvalue weighted by atomic mass is 36.2. The Morgan fingerprint density at radius 3 is 1.27 bits per heavy atom. The molecule has 0 N–H and O–H groups in total. The van der Waals surface area contributed by atoms with Crippen molar-refractivity contribution >= 4 is 121 Å². The van der Waals surface area contributed by atoms with Crippen LogP contribution in [0.2, 0.25) is 0 Å². The zero-order valence-electron chi connectivity index (χ0n) is 14.9. The summed E-state index contributed by atoms with van der Waals surface area (Å²) in [5, 5.41) is 0. The third kappa shape index (κ3) is 21.1. The Labute approximate surface area is 205 Å². The number of halogens is 6. The van der Waals surface area contributed by atoms with Gasteiger partial charge in [0.2, 0.25) is 0 Å². The number of hydrogen-bond donors (Lipinski definition) is 0. The molecule has 0 radical (unpaired) electrons. The zero-order chi connectivity index (χ0) is 20.1. The first-order valence-electron chi connectivity index (χ1n) is 8.44. The van der Waals surface area contributed by atoms with Crippen molar-refractivity contribution in [2.75, 3.05) is 23.0 Å². The highest BCUT2D eigenvalue weighted by Crippen LogP contribution is 2.65. The molecule has 0 aliphatic carbocycles. The molecule has 0 spiro atoms. The van der Waals surface area contributed by atoms with Crippen molar-refractivity contribution in [3.63, 3.8) is 0 Å². The molecular weight excluding hydrogens is 573 g/mol. The van der Waals surface area contributed by atoms with E-state index in [0.29, 0.717) is 11.8 Å². The molecule has 0 aliphatic heterocycles. The Bertz CT molecular complexity index is 307. The van der Waals surface area contributed by atoms with E-state index in [2.05, 4.69) is 13.8 Å². The van der Waals surface area contributed by atoms with Crippen molar-refractivity contribution in [2.45, 2.75) is 52.4 Å². The molecule has 0 nitrogen and oxygen atoms in total. The van der Waals surface area contributed by atoms with E-state index in [1.807, 2.05) is 41.2 Å². The predicted octanol–water partition coefficient (Wildman–Crippen LogP) is 11.8. The van der Waals surface area contributed by atoms with E-state index in [9.17, 15) is 0 Å². The van der Waals surface area contributed by atoms with E-state index in [1.165, 1.54) is 12.8 Å². The van der Waals surface area contributed by atoms with Gasteiger partial charge >= 0.3 is 0 Å². The SMILES string of the molecule is CCC(CCCSSSSCCCC(CC)CS(Cl)(Cl)Cl)CS(Cl)(Cl)Cl. The van der Waals surface area contributed by atoms with Crippen molar-refractivity contribution < 1.29 is 0 Å². The Morgan fingerprint density at radius 2 is 1.00 bits per heavy atom. The molecule has 26 heavy (non-hydrogen) atoms. The van der Waals surface area contributed by atoms with Crippen LogP contribution in [0, 0.1) is 11.8 Å². The Kier molecular flexibility index (Phi) is 20.0. The van der Waals surface area contributed by atoms with Gasteiger partial charge in [-0.25, -0.2) is 0 Å². The maximum Gasteiger partial charge on any atom is 0.0193 e. The molecule has 0 aromatic heterocycles. The first-order valence-corrected chi connectivity index (χ1v) is 22.2. The fraction of sp³-hybridized carbons (Fsp3) is 1.00. The molecule has 0 aromatic carbocycles. The smallest absolute Gasteiger partial charge is 0.0193 e. The molecule has 0 fully saturated rings. The second-order valence-corrected chi connectivity index (χ2v) is 27.2.